The standard InChI is InChI=1S/C14H12Cl3NO2S/c1-3-9-4-5-11(21-9)12(19)8-6-10(18(2)7-8)13(20)14(15,16)17/h4-7H,3H2,1-2H3. The predicted molar refractivity (Wildman–Crippen MR) is 87.2 cm³/mol. The first-order chi connectivity index (χ1) is 9.74. The average Bonchev–Trinajstić information content (AvgIpc) is 3.02. The van der Waals surface area contributed by atoms with Crippen molar-refractivity contribution in [3.8, 4) is 0 Å². The maximum absolute atomic E-state index is 12.4. The Kier molecular flexibility index (Phi) is 4.83. The van der Waals surface area contributed by atoms with Crippen LogP contribution in [0.2, 0.25) is 0 Å². The van der Waals surface area contributed by atoms with Gasteiger partial charge in [0.05, 0.1) is 10.6 Å². The summed E-state index contributed by atoms with van der Waals surface area (Å²) in [5.41, 5.74) is 0.588. The molecular weight excluding hydrogens is 353 g/mol. The molecule has 0 unspecified atom stereocenters. The fourth-order valence-corrected chi connectivity index (χ4v) is 3.09. The van der Waals surface area contributed by atoms with Gasteiger partial charge in [-0.3, -0.25) is 9.59 Å². The van der Waals surface area contributed by atoms with Crippen LogP contribution >= 0.6 is 46.1 Å². The molecular formula is C14H12Cl3NO2S. The second-order valence-corrected chi connectivity index (χ2v) is 7.95. The molecule has 0 aliphatic carbocycles. The molecule has 112 valence electrons. The number of alkyl halides is 3. The van der Waals surface area contributed by atoms with E-state index in [0.29, 0.717) is 10.4 Å². The van der Waals surface area contributed by atoms with Crippen molar-refractivity contribution in [2.75, 3.05) is 0 Å². The van der Waals surface area contributed by atoms with E-state index in [2.05, 4.69) is 0 Å². The molecule has 0 N–H and O–H groups in total. The number of rotatable bonds is 4. The molecule has 21 heavy (non-hydrogen) atoms. The van der Waals surface area contributed by atoms with Gasteiger partial charge in [0.25, 0.3) is 3.79 Å². The molecule has 2 rings (SSSR count). The highest BCUT2D eigenvalue weighted by atomic mass is 35.6. The van der Waals surface area contributed by atoms with Crippen molar-refractivity contribution in [2.45, 2.75) is 17.1 Å². The van der Waals surface area contributed by atoms with Crippen molar-refractivity contribution in [3.63, 3.8) is 0 Å². The molecule has 0 amide bonds. The molecule has 0 bridgehead atoms. The molecule has 2 aromatic rings. The number of nitrogens with zero attached hydrogens (tertiary/aromatic N) is 1. The molecule has 0 saturated heterocycles. The number of aromatic nitrogens is 1. The Morgan fingerprint density at radius 2 is 1.95 bits per heavy atom. The molecule has 0 radical (unpaired) electrons. The highest BCUT2D eigenvalue weighted by Crippen LogP contribution is 2.31. The van der Waals surface area contributed by atoms with E-state index in [4.69, 9.17) is 34.8 Å². The Morgan fingerprint density at radius 3 is 2.48 bits per heavy atom. The minimum atomic E-state index is -2.04. The van der Waals surface area contributed by atoms with Crippen LogP contribution in [0, 0.1) is 0 Å². The van der Waals surface area contributed by atoms with Gasteiger partial charge in [0.1, 0.15) is 0 Å². The molecule has 0 aliphatic heterocycles. The summed E-state index contributed by atoms with van der Waals surface area (Å²) in [5.74, 6) is -0.798. The minimum Gasteiger partial charge on any atom is -0.347 e. The van der Waals surface area contributed by atoms with Crippen molar-refractivity contribution >= 4 is 57.7 Å². The second kappa shape index (κ2) is 6.13. The van der Waals surface area contributed by atoms with Crippen LogP contribution in [0.15, 0.2) is 24.4 Å². The molecule has 0 aromatic carbocycles. The number of halogens is 3. The number of carbonyl (C=O) groups excluding carboxylic acids is 2. The van der Waals surface area contributed by atoms with E-state index in [1.54, 1.807) is 19.3 Å². The van der Waals surface area contributed by atoms with Gasteiger partial charge in [-0.25, -0.2) is 0 Å². The molecule has 0 aliphatic rings. The van der Waals surface area contributed by atoms with Crippen LogP contribution in [0.3, 0.4) is 0 Å². The van der Waals surface area contributed by atoms with Crippen LogP contribution in [0.25, 0.3) is 0 Å². The largest absolute Gasteiger partial charge is 0.347 e. The average molecular weight is 365 g/mol. The maximum atomic E-state index is 12.4. The lowest BCUT2D eigenvalue weighted by atomic mass is 10.1. The number of aryl methyl sites for hydroxylation is 2. The zero-order valence-electron chi connectivity index (χ0n) is 11.3. The van der Waals surface area contributed by atoms with Gasteiger partial charge in [0.2, 0.25) is 11.6 Å². The molecule has 2 aromatic heterocycles. The first-order valence-electron chi connectivity index (χ1n) is 6.15. The summed E-state index contributed by atoms with van der Waals surface area (Å²) >= 11 is 18.3. The van der Waals surface area contributed by atoms with E-state index in [1.165, 1.54) is 22.0 Å². The van der Waals surface area contributed by atoms with Gasteiger partial charge >= 0.3 is 0 Å². The van der Waals surface area contributed by atoms with Crippen LogP contribution in [-0.2, 0) is 13.5 Å². The SMILES string of the molecule is CCc1ccc(C(=O)c2cc(C(=O)C(Cl)(Cl)Cl)n(C)c2)s1. The highest BCUT2D eigenvalue weighted by Gasteiger charge is 2.34. The van der Waals surface area contributed by atoms with Crippen molar-refractivity contribution < 1.29 is 9.59 Å². The molecule has 0 fully saturated rings. The van der Waals surface area contributed by atoms with E-state index in [9.17, 15) is 9.59 Å². The Bertz CT molecular complexity index is 697. The molecule has 0 spiro atoms. The Hall–Kier alpha value is -0.810. The minimum absolute atomic E-state index is 0.140. The van der Waals surface area contributed by atoms with Crippen LogP contribution in [0.4, 0.5) is 0 Å². The van der Waals surface area contributed by atoms with Crippen molar-refractivity contribution in [2.24, 2.45) is 7.05 Å². The van der Waals surface area contributed by atoms with E-state index in [-0.39, 0.29) is 11.5 Å². The zero-order valence-corrected chi connectivity index (χ0v) is 14.4. The summed E-state index contributed by atoms with van der Waals surface area (Å²) in [6.45, 7) is 2.03. The van der Waals surface area contributed by atoms with Gasteiger partial charge in [-0.05, 0) is 24.6 Å². The van der Waals surface area contributed by atoms with E-state index < -0.39 is 9.58 Å². The van der Waals surface area contributed by atoms with E-state index >= 15 is 0 Å². The number of ketones is 2. The Labute approximate surface area is 141 Å². The zero-order chi connectivity index (χ0) is 15.8. The van der Waals surface area contributed by atoms with Gasteiger partial charge in [-0.2, -0.15) is 0 Å². The molecule has 3 nitrogen and oxygen atoms in total. The third-order valence-electron chi connectivity index (χ3n) is 2.99. The molecule has 2 heterocycles. The van der Waals surface area contributed by atoms with Crippen LogP contribution < -0.4 is 0 Å². The number of Topliss-reactive ketones (excluding diaryl/α,β-unsaturated/α-hetero) is 1. The third kappa shape index (κ3) is 3.51. The highest BCUT2D eigenvalue weighted by molar-refractivity contribution is 7.14. The first-order valence-corrected chi connectivity index (χ1v) is 8.10. The number of hydrogen-bond donors (Lipinski definition) is 0. The summed E-state index contributed by atoms with van der Waals surface area (Å²) in [4.78, 5) is 26.1. The van der Waals surface area contributed by atoms with Crippen molar-refractivity contribution in [3.05, 3.63) is 45.4 Å². The molecule has 0 saturated carbocycles. The van der Waals surface area contributed by atoms with Gasteiger partial charge < -0.3 is 4.57 Å². The number of carbonyl (C=O) groups is 2. The summed E-state index contributed by atoms with van der Waals surface area (Å²) < 4.78 is -0.545. The van der Waals surface area contributed by atoms with Gasteiger partial charge in [0, 0.05) is 23.7 Å². The fraction of sp³-hybridized carbons (Fsp3) is 0.286. The lowest BCUT2D eigenvalue weighted by molar-refractivity contribution is 0.0988. The smallest absolute Gasteiger partial charge is 0.255 e. The quantitative estimate of drug-likeness (QED) is 0.594. The first kappa shape index (κ1) is 16.6. The third-order valence-corrected chi connectivity index (χ3v) is 4.73. The van der Waals surface area contributed by atoms with Crippen LogP contribution in [-0.4, -0.2) is 19.9 Å². The Morgan fingerprint density at radius 1 is 1.29 bits per heavy atom. The molecule has 7 heteroatoms. The lowest BCUT2D eigenvalue weighted by Gasteiger charge is -2.09. The number of thiophene rings is 1. The van der Waals surface area contributed by atoms with Crippen molar-refractivity contribution in [1.29, 1.82) is 0 Å². The summed E-state index contributed by atoms with van der Waals surface area (Å²) in [6, 6.07) is 5.17. The van der Waals surface area contributed by atoms with E-state index in [0.717, 1.165) is 11.3 Å². The lowest BCUT2D eigenvalue weighted by Crippen LogP contribution is -2.21. The van der Waals surface area contributed by atoms with Gasteiger partial charge in [-0.1, -0.05) is 41.7 Å². The normalized spacial score (nSPS) is 11.7. The van der Waals surface area contributed by atoms with Crippen molar-refractivity contribution in [1.82, 2.24) is 4.57 Å². The predicted octanol–water partition coefficient (Wildman–Crippen LogP) is 4.43. The molecule has 0 atom stereocenters. The monoisotopic (exact) mass is 363 g/mol. The van der Waals surface area contributed by atoms with Gasteiger partial charge in [-0.15, -0.1) is 11.3 Å². The van der Waals surface area contributed by atoms with Crippen LogP contribution in [0.1, 0.15) is 37.5 Å². The second-order valence-electron chi connectivity index (χ2n) is 4.50. The summed E-state index contributed by atoms with van der Waals surface area (Å²) in [6.07, 6.45) is 2.45. The summed E-state index contributed by atoms with van der Waals surface area (Å²) in [5, 5.41) is 0. The fourth-order valence-electron chi connectivity index (χ4n) is 1.89. The maximum Gasteiger partial charge on any atom is 0.255 e. The summed E-state index contributed by atoms with van der Waals surface area (Å²) in [7, 11) is 1.63. The van der Waals surface area contributed by atoms with E-state index in [1.807, 2.05) is 13.0 Å². The van der Waals surface area contributed by atoms with Crippen LogP contribution in [0.5, 0.6) is 0 Å². The Balaban J connectivity index is 2.34. The number of hydrogen-bond acceptors (Lipinski definition) is 3. The topological polar surface area (TPSA) is 39.1 Å². The van der Waals surface area contributed by atoms with Gasteiger partial charge in [0.15, 0.2) is 0 Å².